The zero-order chi connectivity index (χ0) is 10.8. The highest BCUT2D eigenvalue weighted by molar-refractivity contribution is 5.73. The number of hydrogen-bond acceptors (Lipinski definition) is 3. The molecule has 0 radical (unpaired) electrons. The molecule has 0 saturated heterocycles. The highest BCUT2D eigenvalue weighted by Crippen LogP contribution is 2.33. The van der Waals surface area contributed by atoms with Gasteiger partial charge < -0.3 is 15.8 Å². The number of benzene rings is 1. The van der Waals surface area contributed by atoms with Crippen molar-refractivity contribution in [3.8, 4) is 5.75 Å². The number of nitrogens with one attached hydrogen (secondary N) is 1. The van der Waals surface area contributed by atoms with Crippen LogP contribution in [0.5, 0.6) is 5.75 Å². The molecule has 3 nitrogen and oxygen atoms in total. The van der Waals surface area contributed by atoms with Crippen LogP contribution in [0.25, 0.3) is 0 Å². The Kier molecular flexibility index (Phi) is 2.71. The lowest BCUT2D eigenvalue weighted by atomic mass is 10.2. The van der Waals surface area contributed by atoms with Crippen molar-refractivity contribution in [1.82, 2.24) is 0 Å². The van der Waals surface area contributed by atoms with E-state index in [1.165, 1.54) is 12.8 Å². The van der Waals surface area contributed by atoms with E-state index in [0.717, 1.165) is 17.1 Å². The van der Waals surface area contributed by atoms with Crippen LogP contribution >= 0.6 is 0 Å². The second-order valence-electron chi connectivity index (χ2n) is 4.30. The van der Waals surface area contributed by atoms with Gasteiger partial charge in [-0.2, -0.15) is 0 Å². The third-order valence-corrected chi connectivity index (χ3v) is 2.37. The summed E-state index contributed by atoms with van der Waals surface area (Å²) >= 11 is 0. The van der Waals surface area contributed by atoms with Crippen molar-refractivity contribution in [2.75, 3.05) is 11.1 Å². The van der Waals surface area contributed by atoms with Gasteiger partial charge in [0.15, 0.2) is 0 Å². The van der Waals surface area contributed by atoms with Crippen LogP contribution in [0.3, 0.4) is 0 Å². The van der Waals surface area contributed by atoms with Crippen molar-refractivity contribution in [1.29, 1.82) is 0 Å². The molecule has 3 N–H and O–H groups in total. The molecule has 1 fully saturated rings. The number of nitrogens with two attached hydrogens (primary N) is 1. The molecule has 0 aromatic heterocycles. The summed E-state index contributed by atoms with van der Waals surface area (Å²) in [5.74, 6) is 0.774. The van der Waals surface area contributed by atoms with Crippen molar-refractivity contribution in [3.05, 3.63) is 18.2 Å². The van der Waals surface area contributed by atoms with Gasteiger partial charge in [-0.15, -0.1) is 0 Å². The summed E-state index contributed by atoms with van der Waals surface area (Å²) in [7, 11) is 0. The summed E-state index contributed by atoms with van der Waals surface area (Å²) in [6.07, 6.45) is 2.65. The molecular weight excluding hydrogens is 188 g/mol. The molecule has 1 aromatic carbocycles. The molecule has 0 bridgehead atoms. The smallest absolute Gasteiger partial charge is 0.144 e. The van der Waals surface area contributed by atoms with Crippen LogP contribution in [0, 0.1) is 0 Å². The van der Waals surface area contributed by atoms with Gasteiger partial charge in [0.25, 0.3) is 0 Å². The highest BCUT2D eigenvalue weighted by Gasteiger charge is 2.22. The predicted molar refractivity (Wildman–Crippen MR) is 63.3 cm³/mol. The summed E-state index contributed by atoms with van der Waals surface area (Å²) < 4.78 is 5.62. The van der Waals surface area contributed by atoms with E-state index < -0.39 is 0 Å². The molecule has 1 aliphatic rings. The summed E-state index contributed by atoms with van der Waals surface area (Å²) in [5, 5.41) is 3.39. The SMILES string of the molecule is CC(C)Oc1cccc(NC2CC2)c1N. The lowest BCUT2D eigenvalue weighted by Gasteiger charge is -2.15. The van der Waals surface area contributed by atoms with Crippen molar-refractivity contribution in [2.45, 2.75) is 38.8 Å². The fourth-order valence-corrected chi connectivity index (χ4v) is 1.47. The lowest BCUT2D eigenvalue weighted by Crippen LogP contribution is -2.10. The van der Waals surface area contributed by atoms with E-state index in [9.17, 15) is 0 Å². The molecule has 0 unspecified atom stereocenters. The van der Waals surface area contributed by atoms with Gasteiger partial charge in [0.05, 0.1) is 17.5 Å². The molecule has 0 aliphatic heterocycles. The van der Waals surface area contributed by atoms with E-state index in [-0.39, 0.29) is 6.10 Å². The van der Waals surface area contributed by atoms with Gasteiger partial charge in [-0.3, -0.25) is 0 Å². The minimum Gasteiger partial charge on any atom is -0.489 e. The Bertz CT molecular complexity index is 323. The topological polar surface area (TPSA) is 47.3 Å². The van der Waals surface area contributed by atoms with E-state index in [1.807, 2.05) is 32.0 Å². The number of anilines is 2. The second kappa shape index (κ2) is 4.01. The quantitative estimate of drug-likeness (QED) is 0.744. The van der Waals surface area contributed by atoms with Gasteiger partial charge in [-0.05, 0) is 38.8 Å². The van der Waals surface area contributed by atoms with Gasteiger partial charge in [0, 0.05) is 6.04 Å². The maximum absolute atomic E-state index is 6.02. The zero-order valence-corrected chi connectivity index (χ0v) is 9.29. The van der Waals surface area contributed by atoms with E-state index in [4.69, 9.17) is 10.5 Å². The Balaban J connectivity index is 2.15. The molecule has 0 spiro atoms. The van der Waals surface area contributed by atoms with Crippen LogP contribution in [0.4, 0.5) is 11.4 Å². The van der Waals surface area contributed by atoms with Gasteiger partial charge in [-0.1, -0.05) is 6.07 Å². The summed E-state index contributed by atoms with van der Waals surface area (Å²) in [6.45, 7) is 4.00. The minimum atomic E-state index is 0.156. The van der Waals surface area contributed by atoms with Crippen LogP contribution in [0.2, 0.25) is 0 Å². The minimum absolute atomic E-state index is 0.156. The van der Waals surface area contributed by atoms with Crippen LogP contribution in [-0.2, 0) is 0 Å². The largest absolute Gasteiger partial charge is 0.489 e. The third-order valence-electron chi connectivity index (χ3n) is 2.37. The fourth-order valence-electron chi connectivity index (χ4n) is 1.47. The Morgan fingerprint density at radius 1 is 1.40 bits per heavy atom. The van der Waals surface area contributed by atoms with Crippen molar-refractivity contribution >= 4 is 11.4 Å². The Labute approximate surface area is 90.6 Å². The first-order chi connectivity index (χ1) is 7.16. The van der Waals surface area contributed by atoms with Crippen molar-refractivity contribution < 1.29 is 4.74 Å². The standard InChI is InChI=1S/C12H18N2O/c1-8(2)15-11-5-3-4-10(12(11)13)14-9-6-7-9/h3-5,8-9,14H,6-7,13H2,1-2H3. The lowest BCUT2D eigenvalue weighted by molar-refractivity contribution is 0.244. The highest BCUT2D eigenvalue weighted by atomic mass is 16.5. The van der Waals surface area contributed by atoms with E-state index in [2.05, 4.69) is 5.32 Å². The average molecular weight is 206 g/mol. The van der Waals surface area contributed by atoms with Crippen LogP contribution in [0.1, 0.15) is 26.7 Å². The number of hydrogen-bond donors (Lipinski definition) is 2. The van der Waals surface area contributed by atoms with Crippen LogP contribution < -0.4 is 15.8 Å². The van der Waals surface area contributed by atoms with Gasteiger partial charge in [-0.25, -0.2) is 0 Å². The number of ether oxygens (including phenoxy) is 1. The van der Waals surface area contributed by atoms with E-state index in [1.54, 1.807) is 0 Å². The molecule has 15 heavy (non-hydrogen) atoms. The van der Waals surface area contributed by atoms with Crippen LogP contribution in [-0.4, -0.2) is 12.1 Å². The van der Waals surface area contributed by atoms with E-state index in [0.29, 0.717) is 6.04 Å². The number of para-hydroxylation sites is 1. The molecule has 2 rings (SSSR count). The van der Waals surface area contributed by atoms with Crippen molar-refractivity contribution in [3.63, 3.8) is 0 Å². The maximum atomic E-state index is 6.02. The summed E-state index contributed by atoms with van der Waals surface area (Å²) in [6, 6.07) is 6.49. The molecule has 82 valence electrons. The summed E-state index contributed by atoms with van der Waals surface area (Å²) in [5.41, 5.74) is 7.74. The third kappa shape index (κ3) is 2.55. The Hall–Kier alpha value is -1.38. The molecule has 3 heteroatoms. The monoisotopic (exact) mass is 206 g/mol. The van der Waals surface area contributed by atoms with Gasteiger partial charge >= 0.3 is 0 Å². The molecule has 0 amide bonds. The number of rotatable bonds is 4. The predicted octanol–water partition coefficient (Wildman–Crippen LogP) is 2.63. The van der Waals surface area contributed by atoms with Gasteiger partial charge in [0.1, 0.15) is 5.75 Å². The first-order valence-corrected chi connectivity index (χ1v) is 5.48. The fraction of sp³-hybridized carbons (Fsp3) is 0.500. The first kappa shape index (κ1) is 10.1. The molecule has 1 saturated carbocycles. The second-order valence-corrected chi connectivity index (χ2v) is 4.30. The van der Waals surface area contributed by atoms with Crippen LogP contribution in [0.15, 0.2) is 18.2 Å². The molecular formula is C12H18N2O. The number of nitrogen functional groups attached to an aromatic ring is 1. The maximum Gasteiger partial charge on any atom is 0.144 e. The Morgan fingerprint density at radius 2 is 2.13 bits per heavy atom. The zero-order valence-electron chi connectivity index (χ0n) is 9.29. The van der Waals surface area contributed by atoms with E-state index >= 15 is 0 Å². The molecule has 0 heterocycles. The van der Waals surface area contributed by atoms with Gasteiger partial charge in [0.2, 0.25) is 0 Å². The summed E-state index contributed by atoms with van der Waals surface area (Å²) in [4.78, 5) is 0. The first-order valence-electron chi connectivity index (χ1n) is 5.48. The average Bonchev–Trinajstić information content (AvgIpc) is 2.95. The Morgan fingerprint density at radius 3 is 2.73 bits per heavy atom. The molecule has 0 atom stereocenters. The van der Waals surface area contributed by atoms with Crippen molar-refractivity contribution in [2.24, 2.45) is 0 Å². The molecule has 1 aromatic rings. The molecule has 1 aliphatic carbocycles. The normalized spacial score (nSPS) is 15.4.